The molecular weight excluding hydrogens is 554 g/mol. The highest BCUT2D eigenvalue weighted by Gasteiger charge is 2.12. The van der Waals surface area contributed by atoms with E-state index in [0.717, 1.165) is 28.1 Å². The molecule has 0 saturated heterocycles. The van der Waals surface area contributed by atoms with Crippen molar-refractivity contribution in [2.24, 2.45) is 0 Å². The van der Waals surface area contributed by atoms with Gasteiger partial charge in [-0.1, -0.05) is 11.8 Å². The molecule has 0 unspecified atom stereocenters. The first-order valence-electron chi connectivity index (χ1n) is 15.0. The Bertz CT molecular complexity index is 2180. The maximum atomic E-state index is 5.68. The van der Waals surface area contributed by atoms with Gasteiger partial charge in [-0.2, -0.15) is 10.2 Å². The standard InChI is InChI=1S/C19H20N4.C19H19N3/c1-11-12(2)14(4)17(15(5)13(11)3)8-6-16-7-9-19-21-18(20)10-23(19)22-16;1-12-13(2)15(4)18(16(5)14(12)3)8-6-17-7-9-19-20-10-11-22(19)21-17/h7,9-10H,20H2,1-5H3;7,9-11H,1-5H3. The van der Waals surface area contributed by atoms with Crippen LogP contribution in [0.4, 0.5) is 5.82 Å². The molecule has 0 fully saturated rings. The summed E-state index contributed by atoms with van der Waals surface area (Å²) in [5.41, 5.74) is 23.9. The van der Waals surface area contributed by atoms with Gasteiger partial charge in [0.2, 0.25) is 0 Å². The van der Waals surface area contributed by atoms with Gasteiger partial charge in [-0.25, -0.2) is 19.0 Å². The van der Waals surface area contributed by atoms with Crippen LogP contribution >= 0.6 is 0 Å². The summed E-state index contributed by atoms with van der Waals surface area (Å²) in [6.07, 6.45) is 5.26. The van der Waals surface area contributed by atoms with Crippen LogP contribution in [0.5, 0.6) is 0 Å². The lowest BCUT2D eigenvalue weighted by atomic mass is 9.90. The number of rotatable bonds is 0. The van der Waals surface area contributed by atoms with Gasteiger partial charge in [-0.3, -0.25) is 0 Å². The minimum atomic E-state index is 0.457. The van der Waals surface area contributed by atoms with E-state index < -0.39 is 0 Å². The highest BCUT2D eigenvalue weighted by molar-refractivity contribution is 5.59. The fourth-order valence-electron chi connectivity index (χ4n) is 5.48. The molecule has 45 heavy (non-hydrogen) atoms. The number of nitrogens with zero attached hydrogens (tertiary/aromatic N) is 6. The molecule has 7 heteroatoms. The molecule has 0 atom stereocenters. The van der Waals surface area contributed by atoms with Gasteiger partial charge in [0.25, 0.3) is 0 Å². The SMILES string of the molecule is Cc1c(C)c(C)c(C#Cc2ccc3nc(N)cn3n2)c(C)c1C.Cc1c(C)c(C)c(C#Cc2ccc3nccn3n2)c(C)c1C. The number of benzene rings is 2. The normalized spacial score (nSPS) is 10.6. The van der Waals surface area contributed by atoms with Gasteiger partial charge in [-0.05, 0) is 161 Å². The first-order chi connectivity index (χ1) is 21.4. The lowest BCUT2D eigenvalue weighted by Gasteiger charge is -2.14. The second kappa shape index (κ2) is 12.3. The Morgan fingerprint density at radius 3 is 1.42 bits per heavy atom. The largest absolute Gasteiger partial charge is 0.382 e. The molecule has 0 aliphatic carbocycles. The maximum Gasteiger partial charge on any atom is 0.156 e. The van der Waals surface area contributed by atoms with Crippen LogP contribution in [0.25, 0.3) is 11.3 Å². The summed E-state index contributed by atoms with van der Waals surface area (Å²) < 4.78 is 3.40. The first-order valence-corrected chi connectivity index (χ1v) is 15.0. The first kappa shape index (κ1) is 31.0. The van der Waals surface area contributed by atoms with Crippen LogP contribution in [0.2, 0.25) is 0 Å². The highest BCUT2D eigenvalue weighted by atomic mass is 15.3. The molecule has 6 aromatic rings. The third-order valence-electron chi connectivity index (χ3n) is 9.22. The summed E-state index contributed by atoms with van der Waals surface area (Å²) in [7, 11) is 0. The summed E-state index contributed by atoms with van der Waals surface area (Å²) in [5, 5.41) is 8.89. The molecule has 0 bridgehead atoms. The van der Waals surface area contributed by atoms with Gasteiger partial charge >= 0.3 is 0 Å². The van der Waals surface area contributed by atoms with Crippen LogP contribution in [-0.4, -0.2) is 29.2 Å². The van der Waals surface area contributed by atoms with Crippen molar-refractivity contribution in [3.63, 3.8) is 0 Å². The van der Waals surface area contributed by atoms with E-state index in [1.54, 1.807) is 21.4 Å². The fourth-order valence-corrected chi connectivity index (χ4v) is 5.48. The van der Waals surface area contributed by atoms with Gasteiger partial charge in [-0.15, -0.1) is 0 Å². The van der Waals surface area contributed by atoms with E-state index in [9.17, 15) is 0 Å². The lowest BCUT2D eigenvalue weighted by molar-refractivity contribution is 0.924. The number of hydrogen-bond acceptors (Lipinski definition) is 5. The molecule has 226 valence electrons. The number of aromatic nitrogens is 6. The fraction of sp³-hybridized carbons (Fsp3) is 0.263. The predicted molar refractivity (Wildman–Crippen MR) is 183 cm³/mol. The molecule has 6 rings (SSSR count). The zero-order valence-corrected chi connectivity index (χ0v) is 27.8. The van der Waals surface area contributed by atoms with Gasteiger partial charge in [0.15, 0.2) is 11.3 Å². The molecule has 4 heterocycles. The molecule has 0 aliphatic heterocycles. The maximum absolute atomic E-state index is 5.68. The van der Waals surface area contributed by atoms with Crippen LogP contribution in [0.3, 0.4) is 0 Å². The Balaban J connectivity index is 0.000000178. The molecular formula is C38H39N7. The molecule has 4 aromatic heterocycles. The van der Waals surface area contributed by atoms with Crippen LogP contribution in [-0.2, 0) is 0 Å². The second-order valence-electron chi connectivity index (χ2n) is 11.6. The zero-order valence-electron chi connectivity index (χ0n) is 27.8. The lowest BCUT2D eigenvalue weighted by Crippen LogP contribution is -2.00. The van der Waals surface area contributed by atoms with Crippen molar-refractivity contribution < 1.29 is 0 Å². The van der Waals surface area contributed by atoms with Gasteiger partial charge in [0, 0.05) is 23.5 Å². The molecule has 0 radical (unpaired) electrons. The summed E-state index contributed by atoms with van der Waals surface area (Å²) >= 11 is 0. The van der Waals surface area contributed by atoms with E-state index in [1.165, 1.54) is 55.6 Å². The number of nitrogens with two attached hydrogens (primary N) is 1. The Morgan fingerprint density at radius 2 is 0.933 bits per heavy atom. The van der Waals surface area contributed by atoms with Gasteiger partial charge in [0.05, 0.1) is 6.20 Å². The second-order valence-corrected chi connectivity index (χ2v) is 11.6. The number of imidazole rings is 2. The average Bonchev–Trinajstić information content (AvgIpc) is 3.66. The smallest absolute Gasteiger partial charge is 0.156 e. The summed E-state index contributed by atoms with van der Waals surface area (Å²) in [6, 6.07) is 7.59. The number of hydrogen-bond donors (Lipinski definition) is 1. The van der Waals surface area contributed by atoms with Crippen LogP contribution in [0.1, 0.15) is 78.1 Å². The number of nitrogen functional groups attached to an aromatic ring is 1. The van der Waals surface area contributed by atoms with Crippen LogP contribution < -0.4 is 5.73 Å². The Hall–Kier alpha value is -5.40. The van der Waals surface area contributed by atoms with Crippen LogP contribution in [0.15, 0.2) is 42.9 Å². The Kier molecular flexibility index (Phi) is 8.49. The van der Waals surface area contributed by atoms with Crippen molar-refractivity contribution in [1.29, 1.82) is 0 Å². The Labute approximate surface area is 265 Å². The summed E-state index contributed by atoms with van der Waals surface area (Å²) in [5.74, 6) is 13.4. The van der Waals surface area contributed by atoms with Crippen molar-refractivity contribution in [3.8, 4) is 23.7 Å². The summed E-state index contributed by atoms with van der Waals surface area (Å²) in [4.78, 5) is 8.36. The van der Waals surface area contributed by atoms with E-state index in [2.05, 4.69) is 113 Å². The zero-order chi connectivity index (χ0) is 32.6. The molecule has 0 aliphatic rings. The molecule has 0 saturated carbocycles. The van der Waals surface area contributed by atoms with E-state index in [0.29, 0.717) is 11.5 Å². The van der Waals surface area contributed by atoms with E-state index in [4.69, 9.17) is 5.73 Å². The van der Waals surface area contributed by atoms with Gasteiger partial charge in [0.1, 0.15) is 17.2 Å². The monoisotopic (exact) mass is 593 g/mol. The van der Waals surface area contributed by atoms with Crippen molar-refractivity contribution in [2.75, 3.05) is 5.73 Å². The van der Waals surface area contributed by atoms with E-state index >= 15 is 0 Å². The highest BCUT2D eigenvalue weighted by Crippen LogP contribution is 2.26. The molecule has 2 N–H and O–H groups in total. The van der Waals surface area contributed by atoms with Crippen LogP contribution in [0, 0.1) is 92.9 Å². The van der Waals surface area contributed by atoms with E-state index in [1.807, 2.05) is 30.5 Å². The van der Waals surface area contributed by atoms with Crippen molar-refractivity contribution in [3.05, 3.63) is 121 Å². The minimum absolute atomic E-state index is 0.457. The third kappa shape index (κ3) is 6.03. The van der Waals surface area contributed by atoms with Crippen molar-refractivity contribution >= 4 is 17.1 Å². The molecule has 7 nitrogen and oxygen atoms in total. The minimum Gasteiger partial charge on any atom is -0.382 e. The number of anilines is 1. The van der Waals surface area contributed by atoms with E-state index in [-0.39, 0.29) is 0 Å². The number of fused-ring (bicyclic) bond motifs is 2. The molecule has 0 amide bonds. The predicted octanol–water partition coefficient (Wildman–Crippen LogP) is 6.92. The average molecular weight is 594 g/mol. The topological polar surface area (TPSA) is 86.4 Å². The Morgan fingerprint density at radius 1 is 0.511 bits per heavy atom. The van der Waals surface area contributed by atoms with Crippen molar-refractivity contribution in [1.82, 2.24) is 29.2 Å². The van der Waals surface area contributed by atoms with Crippen molar-refractivity contribution in [2.45, 2.75) is 69.2 Å². The third-order valence-corrected chi connectivity index (χ3v) is 9.22. The summed E-state index contributed by atoms with van der Waals surface area (Å²) in [6.45, 7) is 21.5. The van der Waals surface area contributed by atoms with Gasteiger partial charge < -0.3 is 5.73 Å². The molecule has 0 spiro atoms. The quantitative estimate of drug-likeness (QED) is 0.193. The molecule has 2 aromatic carbocycles.